The fraction of sp³-hybridized carbons (Fsp3) is 0.273. The Labute approximate surface area is 262 Å². The second-order valence-corrected chi connectivity index (χ2v) is 10.6. The average molecular weight is 635 g/mol. The first-order chi connectivity index (χ1) is 22.1. The second kappa shape index (κ2) is 13.4. The number of rotatable bonds is 10. The third-order valence-corrected chi connectivity index (χ3v) is 7.74. The van der Waals surface area contributed by atoms with E-state index in [4.69, 9.17) is 11.7 Å². The molecule has 9 nitrogen and oxygen atoms in total. The zero-order chi connectivity index (χ0) is 33.0. The van der Waals surface area contributed by atoms with Gasteiger partial charge in [0.25, 0.3) is 11.8 Å². The molecule has 0 aliphatic carbocycles. The number of hydrogen-bond donors (Lipinski definition) is 2. The van der Waals surface area contributed by atoms with Crippen molar-refractivity contribution < 1.29 is 32.3 Å². The molecule has 2 amide bonds. The van der Waals surface area contributed by atoms with Crippen LogP contribution in [0.5, 0.6) is 0 Å². The van der Waals surface area contributed by atoms with Gasteiger partial charge in [0.2, 0.25) is 0 Å². The highest BCUT2D eigenvalue weighted by molar-refractivity contribution is 6.05. The van der Waals surface area contributed by atoms with Crippen molar-refractivity contribution in [2.24, 2.45) is 0 Å². The van der Waals surface area contributed by atoms with Crippen LogP contribution in [0.15, 0.2) is 78.9 Å². The Hall–Kier alpha value is -5.22. The number of carbonyl (C=O) groups excluding carboxylic acids is 2. The predicted molar refractivity (Wildman–Crippen MR) is 161 cm³/mol. The minimum Gasteiger partial charge on any atom is -0.396 e. The van der Waals surface area contributed by atoms with Crippen molar-refractivity contribution in [3.8, 4) is 5.69 Å². The first-order valence-corrected chi connectivity index (χ1v) is 14.5. The lowest BCUT2D eigenvalue weighted by molar-refractivity contribution is -0.137. The van der Waals surface area contributed by atoms with Gasteiger partial charge in [-0.15, -0.1) is 5.01 Å². The molecule has 0 saturated heterocycles. The lowest BCUT2D eigenvalue weighted by Crippen LogP contribution is -2.55. The number of para-hydroxylation sites is 1. The summed E-state index contributed by atoms with van der Waals surface area (Å²) in [5.41, 5.74) is 0.633. The highest BCUT2D eigenvalue weighted by Crippen LogP contribution is 2.44. The minimum atomic E-state index is -4.69. The van der Waals surface area contributed by atoms with Crippen LogP contribution < -0.4 is 10.2 Å². The van der Waals surface area contributed by atoms with Gasteiger partial charge in [0, 0.05) is 30.2 Å². The minimum absolute atomic E-state index is 0.0105. The van der Waals surface area contributed by atoms with Crippen LogP contribution in [0.2, 0.25) is 0 Å². The summed E-state index contributed by atoms with van der Waals surface area (Å²) >= 11 is 0. The highest BCUT2D eigenvalue weighted by Gasteiger charge is 2.46. The summed E-state index contributed by atoms with van der Waals surface area (Å²) in [5, 5.41) is 18.3. The van der Waals surface area contributed by atoms with Crippen LogP contribution >= 0.6 is 0 Å². The molecule has 1 aliphatic heterocycles. The van der Waals surface area contributed by atoms with Crippen LogP contribution in [-0.2, 0) is 17.5 Å². The maximum Gasteiger partial charge on any atom is 0.416 e. The van der Waals surface area contributed by atoms with Gasteiger partial charge < -0.3 is 10.4 Å². The standard InChI is InChI=1S/C33H30F4N6O3/c1-3-42-31-28(26(20-41(38-2)17-8-18-44)40-43(31)25-11-5-4-6-12-25)27(21-13-15-24(34)16-14-21)29(32(42)46)39-30(45)22-9-7-10-23(19-22)33(35,36)37/h4-7,9-16,19,27,29,44H,3,8,17-18,20H2,1H3,(H,39,45)/t27-,29-/m0/s1. The summed E-state index contributed by atoms with van der Waals surface area (Å²) in [6.07, 6.45) is -4.37. The summed E-state index contributed by atoms with van der Waals surface area (Å²) in [6.45, 7) is 9.68. The molecule has 0 fully saturated rings. The number of alkyl halides is 3. The molecule has 13 heteroatoms. The van der Waals surface area contributed by atoms with E-state index in [0.29, 0.717) is 40.8 Å². The van der Waals surface area contributed by atoms with Crippen molar-refractivity contribution in [2.45, 2.75) is 38.0 Å². The number of aliphatic hydroxyl groups is 1. The van der Waals surface area contributed by atoms with Crippen LogP contribution in [0.1, 0.15) is 52.0 Å². The zero-order valence-electron chi connectivity index (χ0n) is 24.7. The van der Waals surface area contributed by atoms with Crippen molar-refractivity contribution in [1.82, 2.24) is 20.1 Å². The third kappa shape index (κ3) is 6.43. The fourth-order valence-electron chi connectivity index (χ4n) is 5.62. The molecule has 5 rings (SSSR count). The van der Waals surface area contributed by atoms with E-state index in [1.165, 1.54) is 40.2 Å². The molecule has 2 heterocycles. The first-order valence-electron chi connectivity index (χ1n) is 14.5. The number of halogens is 4. The first kappa shape index (κ1) is 32.2. The molecule has 0 unspecified atom stereocenters. The predicted octanol–water partition coefficient (Wildman–Crippen LogP) is 5.35. The molecule has 0 saturated carbocycles. The van der Waals surface area contributed by atoms with Gasteiger partial charge in [-0.1, -0.05) is 36.4 Å². The number of amides is 2. The van der Waals surface area contributed by atoms with Crippen LogP contribution in [0.4, 0.5) is 23.4 Å². The number of fused-ring (bicyclic) bond motifs is 1. The fourth-order valence-corrected chi connectivity index (χ4v) is 5.62. The second-order valence-electron chi connectivity index (χ2n) is 10.6. The van der Waals surface area contributed by atoms with E-state index in [-0.39, 0.29) is 31.8 Å². The molecule has 46 heavy (non-hydrogen) atoms. The topological polar surface area (TPSA) is 95.1 Å². The van der Waals surface area contributed by atoms with Crippen LogP contribution in [0.3, 0.4) is 0 Å². The molecular weight excluding hydrogens is 604 g/mol. The number of aromatic nitrogens is 2. The van der Waals surface area contributed by atoms with E-state index in [9.17, 15) is 32.3 Å². The molecule has 0 spiro atoms. The monoisotopic (exact) mass is 634 g/mol. The normalized spacial score (nSPS) is 16.1. The lowest BCUT2D eigenvalue weighted by Gasteiger charge is -2.38. The molecular formula is C33H30F4N6O3. The number of hydrogen-bond acceptors (Lipinski definition) is 5. The molecule has 1 aliphatic rings. The Morgan fingerprint density at radius 1 is 1.09 bits per heavy atom. The van der Waals surface area contributed by atoms with Gasteiger partial charge in [0.1, 0.15) is 24.2 Å². The van der Waals surface area contributed by atoms with Gasteiger partial charge in [-0.25, -0.2) is 9.07 Å². The number of likely N-dealkylation sites (N-methyl/N-ethyl adjacent to an activating group) is 1. The SMILES string of the molecule is [C-]#[N+]N(CCCO)Cc1nn(-c2ccccc2)c2c1[C@H](c1ccc(F)cc1)[C@H](NC(=O)c1cccc(C(F)(F)F)c1)C(=O)N2CC. The van der Waals surface area contributed by atoms with E-state index in [2.05, 4.69) is 10.3 Å². The Morgan fingerprint density at radius 3 is 2.43 bits per heavy atom. The zero-order valence-corrected chi connectivity index (χ0v) is 24.7. The largest absolute Gasteiger partial charge is 0.416 e. The number of anilines is 1. The van der Waals surface area contributed by atoms with Gasteiger partial charge >= 0.3 is 6.18 Å². The highest BCUT2D eigenvalue weighted by atomic mass is 19.4. The maximum absolute atomic E-state index is 14.3. The molecule has 238 valence electrons. The molecule has 3 aromatic carbocycles. The quantitative estimate of drug-likeness (QED) is 0.140. The van der Waals surface area contributed by atoms with Crippen molar-refractivity contribution >= 4 is 17.6 Å². The van der Waals surface area contributed by atoms with E-state index in [0.717, 1.165) is 12.1 Å². The number of aliphatic hydroxyl groups excluding tert-OH is 1. The molecule has 2 N–H and O–H groups in total. The Balaban J connectivity index is 1.71. The third-order valence-electron chi connectivity index (χ3n) is 7.74. The van der Waals surface area contributed by atoms with Crippen LogP contribution in [-0.4, -0.2) is 57.4 Å². The molecule has 4 aromatic rings. The summed E-state index contributed by atoms with van der Waals surface area (Å²) in [7, 11) is 0. The molecule has 1 aromatic heterocycles. The van der Waals surface area contributed by atoms with Gasteiger partial charge in [-0.05, 0) is 61.4 Å². The van der Waals surface area contributed by atoms with Gasteiger partial charge in [-0.3, -0.25) is 14.5 Å². The number of nitrogens with one attached hydrogen (secondary N) is 1. The summed E-state index contributed by atoms with van der Waals surface area (Å²) in [6, 6.07) is 17.0. The van der Waals surface area contributed by atoms with E-state index >= 15 is 0 Å². The van der Waals surface area contributed by atoms with Gasteiger partial charge in [0.05, 0.1) is 23.5 Å². The van der Waals surface area contributed by atoms with Gasteiger partial charge in [0.15, 0.2) is 0 Å². The summed E-state index contributed by atoms with van der Waals surface area (Å²) < 4.78 is 56.1. The van der Waals surface area contributed by atoms with Crippen molar-refractivity contribution in [3.63, 3.8) is 0 Å². The summed E-state index contributed by atoms with van der Waals surface area (Å²) in [5.74, 6) is -2.55. The van der Waals surface area contributed by atoms with E-state index in [1.807, 2.05) is 6.07 Å². The smallest absolute Gasteiger partial charge is 0.396 e. The van der Waals surface area contributed by atoms with E-state index < -0.39 is 41.3 Å². The molecule has 2 atom stereocenters. The number of carbonyl (C=O) groups is 2. The van der Waals surface area contributed by atoms with Crippen molar-refractivity contribution in [3.05, 3.63) is 124 Å². The van der Waals surface area contributed by atoms with Crippen molar-refractivity contribution in [2.75, 3.05) is 24.6 Å². The maximum atomic E-state index is 14.3. The van der Waals surface area contributed by atoms with E-state index in [1.54, 1.807) is 35.9 Å². The van der Waals surface area contributed by atoms with Gasteiger partial charge in [-0.2, -0.15) is 29.8 Å². The Bertz CT molecular complexity index is 1750. The Kier molecular flexibility index (Phi) is 9.39. The molecule has 0 radical (unpaired) electrons. The summed E-state index contributed by atoms with van der Waals surface area (Å²) in [4.78, 5) is 32.9. The number of nitrogens with zero attached hydrogens (tertiary/aromatic N) is 5. The Morgan fingerprint density at radius 2 is 1.80 bits per heavy atom. The van der Waals surface area contributed by atoms with Crippen LogP contribution in [0, 0.1) is 12.4 Å². The number of benzene rings is 3. The van der Waals surface area contributed by atoms with Crippen molar-refractivity contribution in [1.29, 1.82) is 0 Å². The molecule has 0 bridgehead atoms. The van der Waals surface area contributed by atoms with Crippen LogP contribution in [0.25, 0.3) is 10.6 Å². The lowest BCUT2D eigenvalue weighted by atomic mass is 9.80. The average Bonchev–Trinajstić information content (AvgIpc) is 3.42.